The number of imidazole rings is 1. The molecule has 0 aliphatic carbocycles. The van der Waals surface area contributed by atoms with E-state index in [0.717, 1.165) is 0 Å². The van der Waals surface area contributed by atoms with Crippen molar-refractivity contribution in [3.8, 4) is 11.5 Å². The fourth-order valence-electron chi connectivity index (χ4n) is 4.56. The lowest BCUT2D eigenvalue weighted by molar-refractivity contribution is -0.0421. The predicted molar refractivity (Wildman–Crippen MR) is 148 cm³/mol. The molecule has 13 heteroatoms. The molecule has 4 atom stereocenters. The minimum Gasteiger partial charge on any atom is -0.455 e. The first-order valence-electron chi connectivity index (χ1n) is 12.9. The maximum absolute atomic E-state index is 12.5. The minimum atomic E-state index is -1.17. The number of urea groups is 1. The highest BCUT2D eigenvalue weighted by Gasteiger charge is 2.44. The lowest BCUT2D eigenvalue weighted by Gasteiger charge is -2.22. The van der Waals surface area contributed by atoms with Crippen molar-refractivity contribution in [2.75, 3.05) is 37.7 Å². The second kappa shape index (κ2) is 12.3. The first-order chi connectivity index (χ1) is 19.4. The van der Waals surface area contributed by atoms with Gasteiger partial charge in [0.2, 0.25) is 0 Å². The molecule has 5 rings (SSSR count). The molecule has 2 unspecified atom stereocenters. The number of rotatable bonds is 10. The molecule has 3 heterocycles. The molecule has 0 spiro atoms. The van der Waals surface area contributed by atoms with Crippen molar-refractivity contribution < 1.29 is 24.5 Å². The average molecular weight is 549 g/mol. The Morgan fingerprint density at radius 2 is 1.88 bits per heavy atom. The summed E-state index contributed by atoms with van der Waals surface area (Å²) in [6.45, 7) is 1.42. The van der Waals surface area contributed by atoms with Crippen molar-refractivity contribution in [2.45, 2.75) is 31.0 Å². The van der Waals surface area contributed by atoms with Crippen LogP contribution in [-0.2, 0) is 4.74 Å². The van der Waals surface area contributed by atoms with Gasteiger partial charge in [-0.15, -0.1) is 0 Å². The number of hydrogen-bond donors (Lipinski definition) is 5. The number of para-hydroxylation sites is 3. The van der Waals surface area contributed by atoms with Crippen molar-refractivity contribution in [3.63, 3.8) is 0 Å². The molecule has 1 saturated heterocycles. The quantitative estimate of drug-likeness (QED) is 0.184. The zero-order valence-electron chi connectivity index (χ0n) is 21.9. The summed E-state index contributed by atoms with van der Waals surface area (Å²) in [6, 6.07) is 16.2. The van der Waals surface area contributed by atoms with E-state index < -0.39 is 24.5 Å². The van der Waals surface area contributed by atoms with Crippen LogP contribution in [0.15, 0.2) is 67.3 Å². The van der Waals surface area contributed by atoms with Crippen molar-refractivity contribution in [1.29, 1.82) is 0 Å². The molecule has 0 bridgehead atoms. The number of fused-ring (bicyclic) bond motifs is 1. The van der Waals surface area contributed by atoms with Gasteiger partial charge in [-0.05, 0) is 44.3 Å². The summed E-state index contributed by atoms with van der Waals surface area (Å²) >= 11 is 0. The number of ether oxygens (including phenoxy) is 2. The number of nitrogens with one attached hydrogen (secondary N) is 2. The third kappa shape index (κ3) is 6.13. The number of nitrogens with two attached hydrogens (primary N) is 1. The van der Waals surface area contributed by atoms with Crippen LogP contribution in [0.2, 0.25) is 0 Å². The van der Waals surface area contributed by atoms with Crippen LogP contribution in [-0.4, -0.2) is 85.7 Å². The van der Waals surface area contributed by atoms with Gasteiger partial charge in [-0.2, -0.15) is 0 Å². The summed E-state index contributed by atoms with van der Waals surface area (Å²) in [4.78, 5) is 26.8. The number of amides is 2. The molecule has 1 aliphatic heterocycles. The van der Waals surface area contributed by atoms with Crippen LogP contribution in [0.1, 0.15) is 12.6 Å². The van der Waals surface area contributed by atoms with Crippen molar-refractivity contribution in [1.82, 2.24) is 29.7 Å². The van der Waals surface area contributed by atoms with E-state index in [9.17, 15) is 15.0 Å². The molecule has 6 N–H and O–H groups in total. The van der Waals surface area contributed by atoms with Crippen molar-refractivity contribution in [2.24, 2.45) is 0 Å². The summed E-state index contributed by atoms with van der Waals surface area (Å²) in [7, 11) is 1.88. The molecule has 13 nitrogen and oxygen atoms in total. The fraction of sp³-hybridized carbons (Fsp3) is 0.333. The van der Waals surface area contributed by atoms with Crippen molar-refractivity contribution >= 4 is 28.7 Å². The summed E-state index contributed by atoms with van der Waals surface area (Å²) in [5.74, 6) is 1.44. The lowest BCUT2D eigenvalue weighted by atomic mass is 10.1. The molecule has 4 aromatic rings. The largest absolute Gasteiger partial charge is 0.455 e. The third-order valence-corrected chi connectivity index (χ3v) is 6.60. The number of aliphatic hydroxyl groups is 2. The molecule has 0 saturated carbocycles. The summed E-state index contributed by atoms with van der Waals surface area (Å²) < 4.78 is 13.4. The van der Waals surface area contributed by atoms with E-state index in [1.807, 2.05) is 54.4 Å². The molecule has 40 heavy (non-hydrogen) atoms. The third-order valence-electron chi connectivity index (χ3n) is 6.60. The number of anilines is 2. The van der Waals surface area contributed by atoms with Crippen LogP contribution in [0, 0.1) is 0 Å². The highest BCUT2D eigenvalue weighted by atomic mass is 16.6. The number of nitrogen functional groups attached to an aromatic ring is 1. The number of aliphatic hydroxyl groups excluding tert-OH is 2. The Bertz CT molecular complexity index is 1430. The minimum absolute atomic E-state index is 0.222. The van der Waals surface area contributed by atoms with Gasteiger partial charge < -0.3 is 41.0 Å². The normalized spacial score (nSPS) is 20.6. The van der Waals surface area contributed by atoms with Crippen LogP contribution in [0.4, 0.5) is 16.3 Å². The molecule has 2 aromatic carbocycles. The average Bonchev–Trinajstić information content (AvgIpc) is 3.50. The van der Waals surface area contributed by atoms with E-state index in [1.165, 1.54) is 12.7 Å². The lowest BCUT2D eigenvalue weighted by Crippen LogP contribution is -2.39. The Hall–Kier alpha value is -4.30. The summed E-state index contributed by atoms with van der Waals surface area (Å²) in [5.41, 5.74) is 7.22. The van der Waals surface area contributed by atoms with Crippen LogP contribution >= 0.6 is 0 Å². The Morgan fingerprint density at radius 1 is 1.10 bits per heavy atom. The maximum atomic E-state index is 12.5. The van der Waals surface area contributed by atoms with E-state index in [4.69, 9.17) is 15.2 Å². The van der Waals surface area contributed by atoms with Crippen molar-refractivity contribution in [3.05, 3.63) is 67.3 Å². The monoisotopic (exact) mass is 548 g/mol. The van der Waals surface area contributed by atoms with Crippen LogP contribution < -0.4 is 21.1 Å². The predicted octanol–water partition coefficient (Wildman–Crippen LogP) is 1.96. The van der Waals surface area contributed by atoms with Gasteiger partial charge in [0.15, 0.2) is 23.4 Å². The number of carbonyl (C=O) groups is 1. The van der Waals surface area contributed by atoms with E-state index in [0.29, 0.717) is 54.4 Å². The van der Waals surface area contributed by atoms with E-state index in [1.54, 1.807) is 16.7 Å². The van der Waals surface area contributed by atoms with Gasteiger partial charge in [0.25, 0.3) is 0 Å². The van der Waals surface area contributed by atoms with Crippen LogP contribution in [0.5, 0.6) is 11.5 Å². The van der Waals surface area contributed by atoms with Gasteiger partial charge in [0.05, 0.1) is 12.0 Å². The van der Waals surface area contributed by atoms with Gasteiger partial charge in [0.1, 0.15) is 35.9 Å². The number of nitrogens with zero attached hydrogens (tertiary/aromatic N) is 5. The number of benzene rings is 2. The van der Waals surface area contributed by atoms with E-state index in [2.05, 4.69) is 25.6 Å². The van der Waals surface area contributed by atoms with Gasteiger partial charge in [0, 0.05) is 13.1 Å². The Labute approximate surface area is 230 Å². The maximum Gasteiger partial charge on any atom is 0.319 e. The van der Waals surface area contributed by atoms with E-state index in [-0.39, 0.29) is 11.8 Å². The Kier molecular flexibility index (Phi) is 8.36. The molecule has 210 valence electrons. The second-order valence-corrected chi connectivity index (χ2v) is 9.54. The highest BCUT2D eigenvalue weighted by Crippen LogP contribution is 2.32. The first kappa shape index (κ1) is 27.3. The van der Waals surface area contributed by atoms with Gasteiger partial charge in [-0.3, -0.25) is 4.57 Å². The Balaban J connectivity index is 1.07. The zero-order valence-corrected chi connectivity index (χ0v) is 21.9. The number of likely N-dealkylation sites (N-methyl/N-ethyl adjacent to an activating group) is 1. The molecular formula is C27H32N8O5. The summed E-state index contributed by atoms with van der Waals surface area (Å²) in [5, 5.41) is 27.0. The molecular weight excluding hydrogens is 516 g/mol. The summed E-state index contributed by atoms with van der Waals surface area (Å²) in [6.07, 6.45) is -0.359. The molecule has 1 aliphatic rings. The topological polar surface area (TPSA) is 173 Å². The molecule has 2 aromatic heterocycles. The number of hydrogen-bond acceptors (Lipinski definition) is 10. The second-order valence-electron chi connectivity index (χ2n) is 9.54. The molecule has 0 radical (unpaired) electrons. The molecule has 1 fully saturated rings. The standard InChI is InChI=1S/C27H32N8O5/c1-34(14-20-22(36)23(37)26(40-20)35-16-32-21-24(28)30-15-31-25(21)35)13-7-12-29-27(38)33-18-10-5-6-11-19(18)39-17-8-3-2-4-9-17/h2-6,8-11,15-16,20,22-23,26,36-37H,7,12-14H2,1H3,(H2,28,30,31)(H2,29,33,38)/t20?,22-,23-,26?/m1/s1. The first-order valence-corrected chi connectivity index (χ1v) is 12.9. The van der Waals surface area contributed by atoms with Gasteiger partial charge >= 0.3 is 6.03 Å². The number of carbonyl (C=O) groups excluding carboxylic acids is 1. The zero-order chi connectivity index (χ0) is 28.1. The fourth-order valence-corrected chi connectivity index (χ4v) is 4.56. The van der Waals surface area contributed by atoms with E-state index >= 15 is 0 Å². The SMILES string of the molecule is CN(CCCNC(=O)Nc1ccccc1Oc1ccccc1)CC1OC(n2cnc3c(N)ncnc32)[C@H](O)[C@@H]1O. The van der Waals surface area contributed by atoms with Crippen LogP contribution in [0.25, 0.3) is 11.2 Å². The number of aromatic nitrogens is 4. The highest BCUT2D eigenvalue weighted by molar-refractivity contribution is 5.91. The van der Waals surface area contributed by atoms with Gasteiger partial charge in [-0.25, -0.2) is 19.7 Å². The van der Waals surface area contributed by atoms with Gasteiger partial charge in [-0.1, -0.05) is 30.3 Å². The Morgan fingerprint density at radius 3 is 2.70 bits per heavy atom. The van der Waals surface area contributed by atoms with Crippen LogP contribution in [0.3, 0.4) is 0 Å². The molecule has 2 amide bonds. The smallest absolute Gasteiger partial charge is 0.319 e.